The highest BCUT2D eigenvalue weighted by molar-refractivity contribution is 7.16. The number of carbonyl (C=O) groups excluding carboxylic acids is 2. The van der Waals surface area contributed by atoms with Gasteiger partial charge in [0.1, 0.15) is 11.1 Å². The first-order valence-corrected chi connectivity index (χ1v) is 11.7. The molecule has 1 aromatic carbocycles. The van der Waals surface area contributed by atoms with Gasteiger partial charge in [0.05, 0.1) is 17.7 Å². The molecule has 0 aliphatic heterocycles. The van der Waals surface area contributed by atoms with Crippen LogP contribution in [0, 0.1) is 11.3 Å². The summed E-state index contributed by atoms with van der Waals surface area (Å²) in [6.45, 7) is 0.769. The molecule has 194 valence electrons. The normalized spacial score (nSPS) is 15.6. The van der Waals surface area contributed by atoms with Crippen molar-refractivity contribution >= 4 is 28.2 Å². The third-order valence-electron chi connectivity index (χ3n) is 5.59. The van der Waals surface area contributed by atoms with Crippen molar-refractivity contribution in [1.29, 1.82) is 5.26 Å². The molecule has 0 unspecified atom stereocenters. The molecule has 0 spiro atoms. The Kier molecular flexibility index (Phi) is 7.88. The van der Waals surface area contributed by atoms with Gasteiger partial charge < -0.3 is 15.4 Å². The van der Waals surface area contributed by atoms with Crippen LogP contribution < -0.4 is 10.6 Å². The van der Waals surface area contributed by atoms with Crippen LogP contribution in [-0.2, 0) is 28.5 Å². The van der Waals surface area contributed by atoms with E-state index < -0.39 is 47.6 Å². The number of fused-ring (bicyclic) bond motifs is 1. The van der Waals surface area contributed by atoms with E-state index in [9.17, 15) is 41.2 Å². The number of rotatable bonds is 6. The average Bonchev–Trinajstić information content (AvgIpc) is 2.95. The molecule has 36 heavy (non-hydrogen) atoms. The van der Waals surface area contributed by atoms with Crippen molar-refractivity contribution in [2.75, 3.05) is 11.9 Å². The number of aryl methyl sites for hydroxylation is 1. The first-order valence-electron chi connectivity index (χ1n) is 10.9. The van der Waals surface area contributed by atoms with Gasteiger partial charge in [-0.15, -0.1) is 11.3 Å². The van der Waals surface area contributed by atoms with E-state index in [1.807, 2.05) is 11.4 Å². The molecule has 0 fully saturated rings. The molecule has 6 nitrogen and oxygen atoms in total. The van der Waals surface area contributed by atoms with Crippen molar-refractivity contribution in [1.82, 2.24) is 5.32 Å². The zero-order chi connectivity index (χ0) is 26.7. The molecule has 1 aromatic heterocycles. The van der Waals surface area contributed by atoms with Gasteiger partial charge >= 0.3 is 24.0 Å². The van der Waals surface area contributed by atoms with E-state index in [0.717, 1.165) is 42.7 Å². The smallest absolute Gasteiger partial charge is 0.441 e. The second kappa shape index (κ2) is 10.4. The average molecular weight is 533 g/mol. The molecular formula is C23H21F6N3O3S. The number of anilines is 1. The third-order valence-corrected chi connectivity index (χ3v) is 6.80. The maximum atomic E-state index is 14.5. The van der Waals surface area contributed by atoms with Crippen molar-refractivity contribution < 1.29 is 40.7 Å². The summed E-state index contributed by atoms with van der Waals surface area (Å²) >= 11 is 0.866. The van der Waals surface area contributed by atoms with Crippen LogP contribution in [0.4, 0.5) is 31.3 Å². The number of nitrogens with zero attached hydrogens (tertiary/aromatic N) is 1. The van der Waals surface area contributed by atoms with Crippen molar-refractivity contribution in [2.24, 2.45) is 0 Å². The number of hydrogen-bond donors (Lipinski definition) is 2. The van der Waals surface area contributed by atoms with Crippen LogP contribution in [0.2, 0.25) is 0 Å². The van der Waals surface area contributed by atoms with E-state index in [1.165, 1.54) is 12.2 Å². The molecule has 2 N–H and O–H groups in total. The predicted molar refractivity (Wildman–Crippen MR) is 118 cm³/mol. The molecule has 0 saturated heterocycles. The van der Waals surface area contributed by atoms with Crippen LogP contribution >= 0.6 is 11.3 Å². The van der Waals surface area contributed by atoms with Gasteiger partial charge in [0.15, 0.2) is 0 Å². The predicted octanol–water partition coefficient (Wildman–Crippen LogP) is 5.57. The Morgan fingerprint density at radius 1 is 1.11 bits per heavy atom. The van der Waals surface area contributed by atoms with Crippen LogP contribution in [0.3, 0.4) is 0 Å². The van der Waals surface area contributed by atoms with Gasteiger partial charge in [-0.25, -0.2) is 4.79 Å². The standard InChI is InChI=1S/C23H21F6N3O3S/c1-2-35-20(34)21(23(27,28)29,31-18(33)13-7-6-8-14(11-13)22(24,25)26)32-19-16(12-30)15-9-4-3-5-10-17(15)36-19/h6-8,11,32H,2-5,9-10H2,1H3,(H,31,33)/t21-/m1/s1. The third kappa shape index (κ3) is 5.43. The zero-order valence-corrected chi connectivity index (χ0v) is 19.7. The summed E-state index contributed by atoms with van der Waals surface area (Å²) in [5.41, 5.74) is -5.39. The summed E-state index contributed by atoms with van der Waals surface area (Å²) in [6.07, 6.45) is -6.98. The lowest BCUT2D eigenvalue weighted by Crippen LogP contribution is -2.69. The quantitative estimate of drug-likeness (QED) is 0.219. The van der Waals surface area contributed by atoms with Gasteiger partial charge in [-0.2, -0.15) is 31.6 Å². The van der Waals surface area contributed by atoms with Gasteiger partial charge in [-0.1, -0.05) is 12.5 Å². The fraction of sp³-hybridized carbons (Fsp3) is 0.435. The maximum Gasteiger partial charge on any atom is 0.441 e. The number of esters is 1. The topological polar surface area (TPSA) is 91.2 Å². The molecule has 13 heteroatoms. The second-order valence-corrected chi connectivity index (χ2v) is 9.11. The minimum absolute atomic E-state index is 0.0804. The molecule has 1 amide bonds. The van der Waals surface area contributed by atoms with Crippen LogP contribution in [0.5, 0.6) is 0 Å². The highest BCUT2D eigenvalue weighted by atomic mass is 32.1. The van der Waals surface area contributed by atoms with Crippen molar-refractivity contribution in [3.05, 3.63) is 51.4 Å². The summed E-state index contributed by atoms with van der Waals surface area (Å²) in [5, 5.41) is 12.9. The van der Waals surface area contributed by atoms with E-state index in [1.54, 1.807) is 0 Å². The van der Waals surface area contributed by atoms with E-state index in [2.05, 4.69) is 4.74 Å². The minimum Gasteiger partial charge on any atom is -0.463 e. The van der Waals surface area contributed by atoms with Crippen molar-refractivity contribution in [3.63, 3.8) is 0 Å². The number of benzene rings is 1. The maximum absolute atomic E-state index is 14.5. The fourth-order valence-corrected chi connectivity index (χ4v) is 5.12. The lowest BCUT2D eigenvalue weighted by molar-refractivity contribution is -0.204. The van der Waals surface area contributed by atoms with E-state index in [-0.39, 0.29) is 10.6 Å². The van der Waals surface area contributed by atoms with Crippen LogP contribution in [0.1, 0.15) is 58.1 Å². The molecule has 2 aromatic rings. The van der Waals surface area contributed by atoms with Gasteiger partial charge in [-0.3, -0.25) is 4.79 Å². The van der Waals surface area contributed by atoms with Gasteiger partial charge in [-0.05, 0) is 56.4 Å². The minimum atomic E-state index is -5.51. The van der Waals surface area contributed by atoms with Gasteiger partial charge in [0, 0.05) is 10.4 Å². The Balaban J connectivity index is 2.10. The summed E-state index contributed by atoms with van der Waals surface area (Å²) < 4.78 is 87.4. The van der Waals surface area contributed by atoms with Crippen LogP contribution in [0.15, 0.2) is 24.3 Å². The van der Waals surface area contributed by atoms with E-state index in [0.29, 0.717) is 35.4 Å². The number of nitriles is 1. The van der Waals surface area contributed by atoms with E-state index in [4.69, 9.17) is 0 Å². The summed E-state index contributed by atoms with van der Waals surface area (Å²) in [7, 11) is 0. The molecule has 0 radical (unpaired) electrons. The Morgan fingerprint density at radius 2 is 1.81 bits per heavy atom. The first kappa shape index (κ1) is 27.3. The lowest BCUT2D eigenvalue weighted by Gasteiger charge is -2.35. The number of amides is 1. The second-order valence-electron chi connectivity index (χ2n) is 8.01. The molecule has 1 atom stereocenters. The highest BCUT2D eigenvalue weighted by Crippen LogP contribution is 2.41. The highest BCUT2D eigenvalue weighted by Gasteiger charge is 2.64. The molecule has 1 heterocycles. The first-order chi connectivity index (χ1) is 16.8. The largest absolute Gasteiger partial charge is 0.463 e. The van der Waals surface area contributed by atoms with Gasteiger partial charge in [0.2, 0.25) is 0 Å². The van der Waals surface area contributed by atoms with E-state index >= 15 is 0 Å². The Morgan fingerprint density at radius 3 is 2.42 bits per heavy atom. The number of hydrogen-bond acceptors (Lipinski definition) is 6. The van der Waals surface area contributed by atoms with Gasteiger partial charge in [0.25, 0.3) is 5.91 Å². The number of thiophene rings is 1. The molecule has 0 bridgehead atoms. The summed E-state index contributed by atoms with van der Waals surface area (Å²) in [5.74, 6) is -3.53. The Hall–Kier alpha value is -3.27. The van der Waals surface area contributed by atoms with Crippen molar-refractivity contribution in [3.8, 4) is 6.07 Å². The van der Waals surface area contributed by atoms with Crippen LogP contribution in [-0.4, -0.2) is 30.3 Å². The fourth-order valence-electron chi connectivity index (χ4n) is 3.83. The summed E-state index contributed by atoms with van der Waals surface area (Å²) in [4.78, 5) is 26.2. The number of halogens is 6. The van der Waals surface area contributed by atoms with Crippen molar-refractivity contribution in [2.45, 2.75) is 57.0 Å². The summed E-state index contributed by atoms with van der Waals surface area (Å²) in [6, 6.07) is 4.63. The van der Waals surface area contributed by atoms with Crippen LogP contribution in [0.25, 0.3) is 0 Å². The molecule has 1 aliphatic carbocycles. The number of alkyl halides is 6. The Bertz CT molecular complexity index is 1190. The SMILES string of the molecule is CCOC(=O)[C@@](NC(=O)c1cccc(C(F)(F)F)c1)(Nc1sc2c(c1C#N)CCCCC2)C(F)(F)F. The number of nitrogens with one attached hydrogen (secondary N) is 2. The monoisotopic (exact) mass is 533 g/mol. The number of carbonyl (C=O) groups is 2. The number of ether oxygens (including phenoxy) is 1. The molecule has 3 rings (SSSR count). The zero-order valence-electron chi connectivity index (χ0n) is 18.9. The Labute approximate surface area is 206 Å². The molecule has 0 saturated carbocycles. The molecule has 1 aliphatic rings. The lowest BCUT2D eigenvalue weighted by atomic mass is 10.0. The molecular weight excluding hydrogens is 512 g/mol.